The lowest BCUT2D eigenvalue weighted by Gasteiger charge is -1.74. The number of hydrogen-bond acceptors (Lipinski definition) is 9. The molecule has 0 fully saturated rings. The van der Waals surface area contributed by atoms with E-state index in [0.29, 0.717) is 0 Å². The maximum absolute atomic E-state index is 8.25. The molecular formula is H12N6O7. The summed E-state index contributed by atoms with van der Waals surface area (Å²) in [7, 11) is 0. The third-order valence-corrected chi connectivity index (χ3v) is 0. The molecule has 0 aromatic heterocycles. The van der Waals surface area contributed by atoms with Crippen molar-refractivity contribution in [1.29, 1.82) is 0 Å². The number of nitrogens with zero attached hydrogens (tertiary/aromatic N) is 3. The van der Waals surface area contributed by atoms with Gasteiger partial charge in [-0.1, -0.05) is 0 Å². The quantitative estimate of drug-likeness (QED) is 0.297. The summed E-state index contributed by atoms with van der Waals surface area (Å²) in [5.41, 5.74) is 0. The van der Waals surface area contributed by atoms with Gasteiger partial charge in [0, 0.05) is 0 Å². The van der Waals surface area contributed by atoms with E-state index in [1.165, 1.54) is 0 Å². The zero-order valence-corrected chi connectivity index (χ0v) is 7.20. The molecular weight excluding hydrogens is 196 g/mol. The summed E-state index contributed by atoms with van der Waals surface area (Å²) in [5.74, 6) is 0. The van der Waals surface area contributed by atoms with Crippen LogP contribution in [0.4, 0.5) is 0 Å². The van der Waals surface area contributed by atoms with Crippen LogP contribution in [0.3, 0.4) is 0 Å². The number of hydrogen-bond donors (Lipinski definition) is 3. The lowest BCUT2D eigenvalue weighted by molar-refractivity contribution is -0.402. The smallest absolute Gasteiger partial charge is 0.0689 e. The van der Waals surface area contributed by atoms with Crippen LogP contribution in [-0.2, 0) is 0 Å². The minimum absolute atomic E-state index is 0. The van der Waals surface area contributed by atoms with Gasteiger partial charge in [-0.05, 0) is 0 Å². The summed E-state index contributed by atoms with van der Waals surface area (Å²) >= 11 is 0. The van der Waals surface area contributed by atoms with Crippen molar-refractivity contribution in [3.63, 3.8) is 0 Å². The van der Waals surface area contributed by atoms with Crippen molar-refractivity contribution >= 4 is 0 Å². The van der Waals surface area contributed by atoms with Gasteiger partial charge < -0.3 is 54.0 Å². The number of quaternary nitrogens is 3. The third-order valence-electron chi connectivity index (χ3n) is 0. The van der Waals surface area contributed by atoms with E-state index in [-0.39, 0.29) is 18.5 Å². The highest BCUT2D eigenvalue weighted by Crippen LogP contribution is 1.44. The second-order valence-electron chi connectivity index (χ2n) is 0.373. The van der Waals surface area contributed by atoms with E-state index >= 15 is 0 Å². The maximum Gasteiger partial charge on any atom is 0.0689 e. The molecule has 0 rings (SSSR count). The van der Waals surface area contributed by atoms with Crippen LogP contribution in [0.15, 0.2) is 10.7 Å². The van der Waals surface area contributed by atoms with E-state index in [0.717, 1.165) is 10.7 Å². The molecule has 0 aliphatic heterocycles. The van der Waals surface area contributed by atoms with Gasteiger partial charge in [0.05, 0.1) is 5.09 Å². The largest absolute Gasteiger partial charge is 0.444 e. The lowest BCUT2D eigenvalue weighted by Crippen LogP contribution is -1.74. The van der Waals surface area contributed by atoms with E-state index < -0.39 is 5.09 Å². The summed E-state index contributed by atoms with van der Waals surface area (Å²) < 4.78 is 0. The van der Waals surface area contributed by atoms with Crippen LogP contribution >= 0.6 is 0 Å². The Hall–Kier alpha value is -2.12. The molecule has 0 bridgehead atoms. The van der Waals surface area contributed by atoms with Gasteiger partial charge in [-0.2, -0.15) is 0 Å². The fourth-order valence-corrected chi connectivity index (χ4v) is 0. The van der Waals surface area contributed by atoms with Crippen molar-refractivity contribution in [1.82, 2.24) is 18.5 Å². The summed E-state index contributed by atoms with van der Waals surface area (Å²) in [6.45, 7) is 0. The van der Waals surface area contributed by atoms with Crippen molar-refractivity contribution in [2.75, 3.05) is 0 Å². The van der Waals surface area contributed by atoms with E-state index in [4.69, 9.17) is 35.6 Å². The molecule has 12 N–H and O–H groups in total. The molecule has 0 aliphatic carbocycles. The lowest BCUT2D eigenvalue weighted by atomic mass is 13.1. The highest BCUT2D eigenvalue weighted by atomic mass is 16.9. The molecule has 0 radical (unpaired) electrons. The van der Waals surface area contributed by atoms with Gasteiger partial charge in [0.1, 0.15) is 0 Å². The Kier molecular flexibility index (Phi) is 322. The second-order valence-corrected chi connectivity index (χ2v) is 0.373. The van der Waals surface area contributed by atoms with Gasteiger partial charge >= 0.3 is 0 Å². The first-order chi connectivity index (χ1) is 4.56. The van der Waals surface area contributed by atoms with E-state index in [1.54, 1.807) is 0 Å². The average molecular weight is 208 g/mol. The van der Waals surface area contributed by atoms with Crippen LogP contribution in [0.2, 0.25) is 0 Å². The Balaban J connectivity index is -0.0000000128. The number of rotatable bonds is 0. The fraction of sp³-hybridized carbons (Fsp3) is 0. The minimum atomic E-state index is -1.75. The minimum Gasteiger partial charge on any atom is -0.444 e. The highest BCUT2D eigenvalue weighted by Gasteiger charge is 1.45. The molecule has 0 heterocycles. The van der Waals surface area contributed by atoms with Crippen molar-refractivity contribution in [2.45, 2.75) is 0 Å². The Labute approximate surface area is 71.1 Å². The summed E-state index contributed by atoms with van der Waals surface area (Å²) in [6.07, 6.45) is 0. The average Bonchev–Trinajstić information content (AvgIpc) is 1.65. The van der Waals surface area contributed by atoms with Crippen LogP contribution in [0.25, 0.3) is 0 Å². The van der Waals surface area contributed by atoms with Crippen molar-refractivity contribution < 1.29 is 5.09 Å². The molecule has 0 saturated carbocycles. The topological polar surface area (TPSA) is 281 Å². The van der Waals surface area contributed by atoms with Gasteiger partial charge in [-0.3, -0.25) is 0 Å². The summed E-state index contributed by atoms with van der Waals surface area (Å²) in [6, 6.07) is 0. The van der Waals surface area contributed by atoms with Crippen LogP contribution in [0.1, 0.15) is 0 Å². The van der Waals surface area contributed by atoms with Crippen molar-refractivity contribution in [3.8, 4) is 0 Å². The van der Waals surface area contributed by atoms with Gasteiger partial charge in [0.15, 0.2) is 0 Å². The van der Waals surface area contributed by atoms with Crippen molar-refractivity contribution in [3.05, 3.63) is 35.6 Å². The molecule has 84 valence electrons. The first-order valence-electron chi connectivity index (χ1n) is 1.28. The predicted molar refractivity (Wildman–Crippen MR) is 46.6 cm³/mol. The molecule has 13 nitrogen and oxygen atoms in total. The molecule has 0 aromatic carbocycles. The summed E-state index contributed by atoms with van der Waals surface area (Å²) in [4.78, 5) is 24.2. The van der Waals surface area contributed by atoms with Gasteiger partial charge in [0.2, 0.25) is 0 Å². The molecule has 0 spiro atoms. The summed E-state index contributed by atoms with van der Waals surface area (Å²) in [5, 5.41) is 32.8. The molecule has 0 saturated heterocycles. The van der Waals surface area contributed by atoms with Gasteiger partial charge in [0.25, 0.3) is 0 Å². The standard InChI is InChI=1S/NO3.2HNO2.3H3N/c2-1(3)4;2*2-1-3;;;/h;2*(H,2,3);3*1H3/q-1;;;;;/p+1. The zero-order chi connectivity index (χ0) is 8.99. The Morgan fingerprint density at radius 3 is 0.846 bits per heavy atom. The van der Waals surface area contributed by atoms with Gasteiger partial charge in [-0.25, -0.2) is 0 Å². The van der Waals surface area contributed by atoms with E-state index in [2.05, 4.69) is 0 Å². The Morgan fingerprint density at radius 1 is 0.846 bits per heavy atom. The zero-order valence-electron chi connectivity index (χ0n) is 7.20. The van der Waals surface area contributed by atoms with Crippen molar-refractivity contribution in [2.24, 2.45) is 10.7 Å². The monoisotopic (exact) mass is 208 g/mol. The van der Waals surface area contributed by atoms with Crippen LogP contribution in [-0.4, -0.2) is 5.09 Å². The molecule has 13 heteroatoms. The second kappa shape index (κ2) is 93.9. The fourth-order valence-electron chi connectivity index (χ4n) is 0. The molecule has 0 amide bonds. The molecule has 0 aromatic rings. The highest BCUT2D eigenvalue weighted by molar-refractivity contribution is 4.21. The molecule has 0 aliphatic rings. The Morgan fingerprint density at radius 2 is 0.846 bits per heavy atom. The van der Waals surface area contributed by atoms with Crippen LogP contribution < -0.4 is 18.5 Å². The first-order valence-corrected chi connectivity index (χ1v) is 1.28. The first kappa shape index (κ1) is 44.6. The van der Waals surface area contributed by atoms with Crippen LogP contribution in [0.5, 0.6) is 0 Å². The van der Waals surface area contributed by atoms with Gasteiger partial charge in [-0.15, -0.1) is 10.7 Å². The van der Waals surface area contributed by atoms with Crippen LogP contribution in [0, 0.1) is 35.6 Å². The molecule has 0 atom stereocenters. The SMILES string of the molecule is O=N[O-].O=N[O-].O=[N+]([O-])[O-].[NH4+].[NH4+].[NH4+]. The molecule has 13 heavy (non-hydrogen) atoms. The van der Waals surface area contributed by atoms with E-state index in [1.807, 2.05) is 0 Å². The maximum atomic E-state index is 8.25. The Bertz CT molecular complexity index is 81.0. The molecule has 0 unspecified atom stereocenters. The normalized spacial score (nSPS) is 3.69. The predicted octanol–water partition coefficient (Wildman–Crippen LogP) is 1.39. The van der Waals surface area contributed by atoms with E-state index in [9.17, 15) is 0 Å². The third kappa shape index (κ3) is 137.